The number of unbranched alkanes of at least 4 members (excludes halogenated alkanes) is 9. The molecule has 0 heterocycles. The van der Waals surface area contributed by atoms with Crippen LogP contribution in [0.3, 0.4) is 0 Å². The Morgan fingerprint density at radius 2 is 1.04 bits per heavy atom. The summed E-state index contributed by atoms with van der Waals surface area (Å²) in [6, 6.07) is 0. The first kappa shape index (κ1) is 31.4. The predicted molar refractivity (Wildman–Crippen MR) is 78.1 cm³/mol. The van der Waals surface area contributed by atoms with E-state index in [1.54, 1.807) is 0 Å². The smallest absolute Gasteiger partial charge is 0.545 e. The minimum Gasteiger partial charge on any atom is -0.545 e. The molecule has 0 saturated carbocycles. The number of carbonyl (C=O) groups excluding carboxylic acids is 2. The maximum Gasteiger partial charge on any atom is 1.00 e. The summed E-state index contributed by atoms with van der Waals surface area (Å²) in [7, 11) is 0. The van der Waals surface area contributed by atoms with Crippen LogP contribution in [0.25, 0.3) is 0 Å². The van der Waals surface area contributed by atoms with Gasteiger partial charge in [-0.25, -0.2) is 0 Å². The third kappa shape index (κ3) is 39.4. The third-order valence-corrected chi connectivity index (χ3v) is 2.87. The molecule has 0 radical (unpaired) electrons. The van der Waals surface area contributed by atoms with Crippen molar-refractivity contribution in [3.63, 3.8) is 0 Å². The summed E-state index contributed by atoms with van der Waals surface area (Å²) in [4.78, 5) is 18.8. The fourth-order valence-electron chi connectivity index (χ4n) is 1.74. The van der Waals surface area contributed by atoms with Crippen LogP contribution >= 0.6 is 0 Å². The van der Waals surface area contributed by atoms with Gasteiger partial charge in [0.1, 0.15) is 0 Å². The van der Waals surface area contributed by atoms with Crippen LogP contribution in [-0.2, 0) is 9.59 Å². The molecule has 5 nitrogen and oxygen atoms in total. The Labute approximate surface area is 184 Å². The van der Waals surface area contributed by atoms with Gasteiger partial charge in [-0.1, -0.05) is 64.7 Å². The van der Waals surface area contributed by atoms with Crippen molar-refractivity contribution in [3.05, 3.63) is 12.2 Å². The Kier molecular flexibility index (Phi) is 37.5. The summed E-state index contributed by atoms with van der Waals surface area (Å²) in [6.07, 6.45) is 14.1. The molecule has 23 heavy (non-hydrogen) atoms. The van der Waals surface area contributed by atoms with Crippen LogP contribution in [-0.4, -0.2) is 23.7 Å². The Morgan fingerprint density at radius 3 is 1.30 bits per heavy atom. The van der Waals surface area contributed by atoms with E-state index in [1.807, 2.05) is 0 Å². The van der Waals surface area contributed by atoms with Crippen molar-refractivity contribution in [2.45, 2.75) is 71.1 Å². The molecule has 0 aromatic carbocycles. The molecule has 0 aromatic heterocycles. The molecule has 0 bridgehead atoms. The molecular formula is C16H28Na2O5. The van der Waals surface area contributed by atoms with Gasteiger partial charge in [0.05, 0.1) is 11.9 Å². The van der Waals surface area contributed by atoms with Gasteiger partial charge < -0.3 is 24.9 Å². The van der Waals surface area contributed by atoms with E-state index < -0.39 is 11.9 Å². The maximum atomic E-state index is 9.41. The number of aliphatic carboxylic acids is 2. The third-order valence-electron chi connectivity index (χ3n) is 2.87. The Balaban J connectivity index is -0.000000158. The molecule has 0 unspecified atom stereocenters. The zero-order valence-corrected chi connectivity index (χ0v) is 19.0. The number of aliphatic hydroxyl groups excluding tert-OH is 1. The Hall–Kier alpha value is 0.640. The summed E-state index contributed by atoms with van der Waals surface area (Å²) in [6.45, 7) is 2.63. The molecule has 0 fully saturated rings. The minimum absolute atomic E-state index is 0. The molecule has 0 aromatic rings. The SMILES string of the molecule is CCCCCCCCCCCCO.O=C([O-])/C=C\C(=O)[O-].[Na+].[Na+]. The van der Waals surface area contributed by atoms with Gasteiger partial charge in [0.2, 0.25) is 0 Å². The molecule has 0 spiro atoms. The summed E-state index contributed by atoms with van der Waals surface area (Å²) in [5.41, 5.74) is 0. The molecule has 0 atom stereocenters. The summed E-state index contributed by atoms with van der Waals surface area (Å²) in [5, 5.41) is 27.4. The van der Waals surface area contributed by atoms with E-state index in [-0.39, 0.29) is 59.1 Å². The van der Waals surface area contributed by atoms with E-state index >= 15 is 0 Å². The average molecular weight is 346 g/mol. The molecule has 0 saturated heterocycles. The normalized spacial score (nSPS) is 9.30. The molecular weight excluding hydrogens is 318 g/mol. The number of aliphatic hydroxyl groups is 1. The first-order valence-electron chi connectivity index (χ1n) is 7.75. The largest absolute Gasteiger partial charge is 1.00 e. The number of hydrogen-bond acceptors (Lipinski definition) is 5. The van der Waals surface area contributed by atoms with Crippen molar-refractivity contribution in [2.75, 3.05) is 6.61 Å². The van der Waals surface area contributed by atoms with Crippen LogP contribution < -0.4 is 69.3 Å². The molecule has 0 aliphatic rings. The van der Waals surface area contributed by atoms with Gasteiger partial charge in [-0.15, -0.1) is 0 Å². The second-order valence-electron chi connectivity index (χ2n) is 4.88. The van der Waals surface area contributed by atoms with Gasteiger partial charge in [-0.2, -0.15) is 0 Å². The molecule has 0 amide bonds. The van der Waals surface area contributed by atoms with Gasteiger partial charge in [-0.05, 0) is 18.6 Å². The van der Waals surface area contributed by atoms with Crippen molar-refractivity contribution >= 4 is 11.9 Å². The van der Waals surface area contributed by atoms with E-state index in [4.69, 9.17) is 5.11 Å². The average Bonchev–Trinajstić information content (AvgIpc) is 2.44. The monoisotopic (exact) mass is 346 g/mol. The van der Waals surface area contributed by atoms with Crippen molar-refractivity contribution in [1.29, 1.82) is 0 Å². The van der Waals surface area contributed by atoms with Crippen LogP contribution in [0.1, 0.15) is 71.1 Å². The van der Waals surface area contributed by atoms with Crippen LogP contribution in [0.5, 0.6) is 0 Å². The fourth-order valence-corrected chi connectivity index (χ4v) is 1.74. The van der Waals surface area contributed by atoms with Crippen molar-refractivity contribution in [3.8, 4) is 0 Å². The van der Waals surface area contributed by atoms with E-state index in [0.717, 1.165) is 6.42 Å². The van der Waals surface area contributed by atoms with Gasteiger partial charge >= 0.3 is 59.1 Å². The first-order valence-corrected chi connectivity index (χ1v) is 7.75. The van der Waals surface area contributed by atoms with E-state index in [1.165, 1.54) is 57.8 Å². The molecule has 0 aliphatic carbocycles. The molecule has 0 rings (SSSR count). The Bertz CT molecular complexity index is 258. The number of carboxylic acid groups (broad SMARTS) is 2. The first-order chi connectivity index (χ1) is 10.0. The standard InChI is InChI=1S/C12H26O.C4H4O4.2Na/c1-2-3-4-5-6-7-8-9-10-11-12-13;5-3(6)1-2-4(7)8;;/h13H,2-12H2,1H3;1-2H,(H,5,6)(H,7,8);;/q;;2*+1/p-2/b;2-1-;;. The minimum atomic E-state index is -1.55. The predicted octanol–water partition coefficient (Wildman–Crippen LogP) is -5.05. The number of carbonyl (C=O) groups is 2. The van der Waals surface area contributed by atoms with Crippen molar-refractivity contribution in [2.24, 2.45) is 0 Å². The van der Waals surface area contributed by atoms with Gasteiger partial charge in [0.15, 0.2) is 0 Å². The number of carboxylic acids is 2. The fraction of sp³-hybridized carbons (Fsp3) is 0.750. The second-order valence-corrected chi connectivity index (χ2v) is 4.88. The van der Waals surface area contributed by atoms with Crippen LogP contribution in [0.4, 0.5) is 0 Å². The van der Waals surface area contributed by atoms with Crippen molar-refractivity contribution in [1.82, 2.24) is 0 Å². The molecule has 0 aliphatic heterocycles. The van der Waals surface area contributed by atoms with Crippen LogP contribution in [0.2, 0.25) is 0 Å². The second kappa shape index (κ2) is 27.5. The molecule has 7 heteroatoms. The topological polar surface area (TPSA) is 100 Å². The zero-order chi connectivity index (χ0) is 16.3. The number of hydrogen-bond donors (Lipinski definition) is 1. The summed E-state index contributed by atoms with van der Waals surface area (Å²) in [5.74, 6) is -3.09. The van der Waals surface area contributed by atoms with Crippen molar-refractivity contribution < 1.29 is 84.0 Å². The van der Waals surface area contributed by atoms with Gasteiger partial charge in [-0.3, -0.25) is 0 Å². The molecule has 124 valence electrons. The quantitative estimate of drug-likeness (QED) is 0.217. The van der Waals surface area contributed by atoms with E-state index in [9.17, 15) is 19.8 Å². The van der Waals surface area contributed by atoms with E-state index in [0.29, 0.717) is 18.8 Å². The van der Waals surface area contributed by atoms with Gasteiger partial charge in [0.25, 0.3) is 0 Å². The summed E-state index contributed by atoms with van der Waals surface area (Å²) < 4.78 is 0. The van der Waals surface area contributed by atoms with Crippen LogP contribution in [0, 0.1) is 0 Å². The molecule has 1 N–H and O–H groups in total. The maximum absolute atomic E-state index is 9.41. The zero-order valence-electron chi connectivity index (χ0n) is 15.0. The number of rotatable bonds is 12. The van der Waals surface area contributed by atoms with Gasteiger partial charge in [0, 0.05) is 6.61 Å². The Morgan fingerprint density at radius 1 is 0.739 bits per heavy atom. The van der Waals surface area contributed by atoms with Crippen LogP contribution in [0.15, 0.2) is 12.2 Å². The van der Waals surface area contributed by atoms with E-state index in [2.05, 4.69) is 6.92 Å². The summed E-state index contributed by atoms with van der Waals surface area (Å²) >= 11 is 0.